The Morgan fingerprint density at radius 1 is 1.37 bits per heavy atom. The molecule has 2 atom stereocenters. The summed E-state index contributed by atoms with van der Waals surface area (Å²) in [7, 11) is -3.22. The van der Waals surface area contributed by atoms with Crippen molar-refractivity contribution in [2.45, 2.75) is 31.7 Å². The average Bonchev–Trinajstić information content (AvgIpc) is 2.39. The molecule has 5 heteroatoms. The highest BCUT2D eigenvalue weighted by Crippen LogP contribution is 2.16. The minimum Gasteiger partial charge on any atom is -0.315 e. The van der Waals surface area contributed by atoms with Crippen molar-refractivity contribution in [1.29, 1.82) is 0 Å². The van der Waals surface area contributed by atoms with Crippen LogP contribution < -0.4 is 10.0 Å². The van der Waals surface area contributed by atoms with Gasteiger partial charge in [-0.15, -0.1) is 0 Å². The molecule has 1 heterocycles. The predicted molar refractivity (Wildman–Crippen MR) is 77.7 cm³/mol. The number of rotatable bonds is 5. The molecule has 106 valence electrons. The van der Waals surface area contributed by atoms with Crippen molar-refractivity contribution in [2.75, 3.05) is 18.8 Å². The van der Waals surface area contributed by atoms with Crippen LogP contribution in [0.25, 0.3) is 0 Å². The minimum absolute atomic E-state index is 0.00949. The zero-order chi connectivity index (χ0) is 13.7. The van der Waals surface area contributed by atoms with Crippen molar-refractivity contribution in [1.82, 2.24) is 10.0 Å². The lowest BCUT2D eigenvalue weighted by atomic mass is 10.0. The molecular weight excluding hydrogens is 260 g/mol. The Morgan fingerprint density at radius 3 is 2.74 bits per heavy atom. The number of hydrogen-bond donors (Lipinski definition) is 2. The first-order valence-electron chi connectivity index (χ1n) is 6.82. The molecule has 1 fully saturated rings. The van der Waals surface area contributed by atoms with Gasteiger partial charge < -0.3 is 5.32 Å². The standard InChI is InChI=1S/C14H22N2O2S/c1-12(13-6-3-2-4-7-13)11-19(17,18)16-14-8-5-9-15-10-14/h2-4,6-7,12,14-16H,5,8-11H2,1H3. The molecular formula is C14H22N2O2S. The predicted octanol–water partition coefficient (Wildman–Crippen LogP) is 1.46. The van der Waals surface area contributed by atoms with Gasteiger partial charge in [0.15, 0.2) is 0 Å². The molecule has 0 aliphatic carbocycles. The zero-order valence-electron chi connectivity index (χ0n) is 11.3. The highest BCUT2D eigenvalue weighted by molar-refractivity contribution is 7.89. The normalized spacial score (nSPS) is 22.1. The highest BCUT2D eigenvalue weighted by atomic mass is 32.2. The van der Waals surface area contributed by atoms with Crippen molar-refractivity contribution in [3.05, 3.63) is 35.9 Å². The summed E-state index contributed by atoms with van der Waals surface area (Å²) in [6, 6.07) is 9.82. The highest BCUT2D eigenvalue weighted by Gasteiger charge is 2.22. The van der Waals surface area contributed by atoms with Gasteiger partial charge in [-0.2, -0.15) is 0 Å². The molecule has 0 aromatic heterocycles. The van der Waals surface area contributed by atoms with Crippen molar-refractivity contribution in [2.24, 2.45) is 0 Å². The Kier molecular flexibility index (Phi) is 4.96. The summed E-state index contributed by atoms with van der Waals surface area (Å²) in [5, 5.41) is 3.22. The Bertz CT molecular complexity index is 481. The van der Waals surface area contributed by atoms with Crippen LogP contribution in [0.3, 0.4) is 0 Å². The summed E-state index contributed by atoms with van der Waals surface area (Å²) < 4.78 is 27.1. The van der Waals surface area contributed by atoms with Crippen LogP contribution in [0.2, 0.25) is 0 Å². The van der Waals surface area contributed by atoms with Crippen molar-refractivity contribution in [3.8, 4) is 0 Å². The molecule has 0 amide bonds. The first-order valence-corrected chi connectivity index (χ1v) is 8.48. The van der Waals surface area contributed by atoms with Crippen LogP contribution in [0.4, 0.5) is 0 Å². The van der Waals surface area contributed by atoms with Gasteiger partial charge in [0.2, 0.25) is 10.0 Å². The van der Waals surface area contributed by atoms with E-state index in [2.05, 4.69) is 10.0 Å². The molecule has 0 bridgehead atoms. The number of piperidine rings is 1. The molecule has 0 saturated carbocycles. The van der Waals surface area contributed by atoms with Gasteiger partial charge in [-0.05, 0) is 30.9 Å². The van der Waals surface area contributed by atoms with Crippen LogP contribution in [0.1, 0.15) is 31.2 Å². The van der Waals surface area contributed by atoms with E-state index in [0.717, 1.165) is 31.5 Å². The molecule has 1 aliphatic rings. The summed E-state index contributed by atoms with van der Waals surface area (Å²) in [6.07, 6.45) is 1.95. The first-order chi connectivity index (χ1) is 9.07. The Balaban J connectivity index is 1.93. The van der Waals surface area contributed by atoms with Crippen LogP contribution in [-0.2, 0) is 10.0 Å². The number of nitrogens with one attached hydrogen (secondary N) is 2. The largest absolute Gasteiger partial charge is 0.315 e. The van der Waals surface area contributed by atoms with E-state index in [1.807, 2.05) is 37.3 Å². The van der Waals surface area contributed by atoms with E-state index in [1.165, 1.54) is 0 Å². The Hall–Kier alpha value is -0.910. The van der Waals surface area contributed by atoms with E-state index in [0.29, 0.717) is 0 Å². The van der Waals surface area contributed by atoms with E-state index >= 15 is 0 Å². The summed E-state index contributed by atoms with van der Waals surface area (Å²) in [4.78, 5) is 0. The van der Waals surface area contributed by atoms with Gasteiger partial charge in [-0.1, -0.05) is 37.3 Å². The van der Waals surface area contributed by atoms with Gasteiger partial charge in [0.1, 0.15) is 0 Å². The van der Waals surface area contributed by atoms with Gasteiger partial charge >= 0.3 is 0 Å². The summed E-state index contributed by atoms with van der Waals surface area (Å²) >= 11 is 0. The van der Waals surface area contributed by atoms with Gasteiger partial charge in [0.25, 0.3) is 0 Å². The third-order valence-electron chi connectivity index (χ3n) is 3.48. The second-order valence-corrected chi connectivity index (χ2v) is 7.05. The first kappa shape index (κ1) is 14.5. The molecule has 19 heavy (non-hydrogen) atoms. The lowest BCUT2D eigenvalue weighted by molar-refractivity contribution is 0.428. The summed E-state index contributed by atoms with van der Waals surface area (Å²) in [6.45, 7) is 3.67. The molecule has 2 unspecified atom stereocenters. The van der Waals surface area contributed by atoms with E-state index in [-0.39, 0.29) is 17.7 Å². The molecule has 2 rings (SSSR count). The fourth-order valence-corrected chi connectivity index (χ4v) is 4.12. The van der Waals surface area contributed by atoms with E-state index in [9.17, 15) is 8.42 Å². The van der Waals surface area contributed by atoms with E-state index < -0.39 is 10.0 Å². The summed E-state index contributed by atoms with van der Waals surface area (Å²) in [5.74, 6) is 0.156. The molecule has 1 aromatic rings. The minimum atomic E-state index is -3.22. The molecule has 1 aliphatic heterocycles. The van der Waals surface area contributed by atoms with Crippen molar-refractivity contribution in [3.63, 3.8) is 0 Å². The lowest BCUT2D eigenvalue weighted by Crippen LogP contribution is -2.46. The van der Waals surface area contributed by atoms with Gasteiger partial charge in [-0.25, -0.2) is 13.1 Å². The van der Waals surface area contributed by atoms with Crippen molar-refractivity contribution < 1.29 is 8.42 Å². The van der Waals surface area contributed by atoms with Crippen LogP contribution in [-0.4, -0.2) is 33.3 Å². The number of sulfonamides is 1. The second kappa shape index (κ2) is 6.50. The fraction of sp³-hybridized carbons (Fsp3) is 0.571. The third kappa shape index (κ3) is 4.60. The smallest absolute Gasteiger partial charge is 0.212 e. The summed E-state index contributed by atoms with van der Waals surface area (Å²) in [5.41, 5.74) is 1.06. The molecule has 2 N–H and O–H groups in total. The maximum atomic E-state index is 12.1. The van der Waals surface area contributed by atoms with Gasteiger partial charge in [0.05, 0.1) is 5.75 Å². The molecule has 4 nitrogen and oxygen atoms in total. The third-order valence-corrected chi connectivity index (χ3v) is 5.11. The average molecular weight is 282 g/mol. The van der Waals surface area contributed by atoms with Gasteiger partial charge in [0, 0.05) is 12.6 Å². The Morgan fingerprint density at radius 2 is 2.11 bits per heavy atom. The fourth-order valence-electron chi connectivity index (χ4n) is 2.46. The molecule has 0 spiro atoms. The van der Waals surface area contributed by atoms with Gasteiger partial charge in [-0.3, -0.25) is 0 Å². The maximum absolute atomic E-state index is 12.1. The number of hydrogen-bond acceptors (Lipinski definition) is 3. The maximum Gasteiger partial charge on any atom is 0.212 e. The van der Waals surface area contributed by atoms with Crippen LogP contribution in [0.5, 0.6) is 0 Å². The van der Waals surface area contributed by atoms with Crippen LogP contribution in [0.15, 0.2) is 30.3 Å². The van der Waals surface area contributed by atoms with Crippen LogP contribution in [0, 0.1) is 0 Å². The molecule has 1 saturated heterocycles. The second-order valence-electron chi connectivity index (χ2n) is 5.25. The molecule has 0 radical (unpaired) electrons. The quantitative estimate of drug-likeness (QED) is 0.859. The Labute approximate surface area is 115 Å². The molecule has 1 aromatic carbocycles. The number of benzene rings is 1. The van der Waals surface area contributed by atoms with E-state index in [4.69, 9.17) is 0 Å². The van der Waals surface area contributed by atoms with Crippen LogP contribution >= 0.6 is 0 Å². The lowest BCUT2D eigenvalue weighted by Gasteiger charge is -2.24. The van der Waals surface area contributed by atoms with Crippen molar-refractivity contribution >= 4 is 10.0 Å². The SMILES string of the molecule is CC(CS(=O)(=O)NC1CCCNC1)c1ccccc1. The topological polar surface area (TPSA) is 58.2 Å². The van der Waals surface area contributed by atoms with E-state index in [1.54, 1.807) is 0 Å². The monoisotopic (exact) mass is 282 g/mol. The zero-order valence-corrected chi connectivity index (χ0v) is 12.1.